The van der Waals surface area contributed by atoms with E-state index in [1.54, 1.807) is 19.9 Å². The summed E-state index contributed by atoms with van der Waals surface area (Å²) >= 11 is 0. The van der Waals surface area contributed by atoms with E-state index in [1.807, 2.05) is 0 Å². The van der Waals surface area contributed by atoms with Crippen molar-refractivity contribution in [2.24, 2.45) is 0 Å². The van der Waals surface area contributed by atoms with Crippen molar-refractivity contribution in [3.63, 3.8) is 0 Å². The zero-order valence-electron chi connectivity index (χ0n) is 13.2. The summed E-state index contributed by atoms with van der Waals surface area (Å²) in [5.41, 5.74) is 0.321. The predicted molar refractivity (Wildman–Crippen MR) is 84.3 cm³/mol. The summed E-state index contributed by atoms with van der Waals surface area (Å²) in [5.74, 6) is 0.370. The van der Waals surface area contributed by atoms with Gasteiger partial charge in [-0.2, -0.15) is 0 Å². The molecule has 0 unspecified atom stereocenters. The summed E-state index contributed by atoms with van der Waals surface area (Å²) in [4.78, 5) is 24.3. The first-order valence-electron chi connectivity index (χ1n) is 7.34. The highest BCUT2D eigenvalue weighted by molar-refractivity contribution is 5.95. The molecule has 3 aromatic rings. The van der Waals surface area contributed by atoms with E-state index >= 15 is 0 Å². The van der Waals surface area contributed by atoms with Crippen LogP contribution in [0.25, 0.3) is 10.9 Å². The van der Waals surface area contributed by atoms with Crippen LogP contribution >= 0.6 is 0 Å². The Labute approximate surface area is 136 Å². The third-order valence-electron chi connectivity index (χ3n) is 3.58. The zero-order valence-corrected chi connectivity index (χ0v) is 13.2. The normalized spacial score (nSPS) is 11.0. The van der Waals surface area contributed by atoms with E-state index < -0.39 is 11.4 Å². The third-order valence-corrected chi connectivity index (χ3v) is 3.58. The van der Waals surface area contributed by atoms with E-state index in [0.29, 0.717) is 22.6 Å². The van der Waals surface area contributed by atoms with Crippen molar-refractivity contribution >= 4 is 16.8 Å². The molecule has 0 aliphatic carbocycles. The number of carbonyl (C=O) groups is 1. The Morgan fingerprint density at radius 2 is 2.12 bits per heavy atom. The van der Waals surface area contributed by atoms with Gasteiger partial charge >= 0.3 is 0 Å². The van der Waals surface area contributed by atoms with E-state index in [2.05, 4.69) is 15.6 Å². The summed E-state index contributed by atoms with van der Waals surface area (Å²) in [6.07, 6.45) is 0. The molecule has 1 amide bonds. The molecule has 7 nitrogen and oxygen atoms in total. The Hall–Kier alpha value is -3.03. The maximum Gasteiger partial charge on any atom is 0.277 e. The van der Waals surface area contributed by atoms with Crippen LogP contribution < -0.4 is 10.9 Å². The molecule has 0 saturated heterocycles. The van der Waals surface area contributed by atoms with Crippen LogP contribution in [-0.2, 0) is 6.54 Å². The maximum absolute atomic E-state index is 13.3. The molecule has 1 aromatic carbocycles. The number of nitrogens with zero attached hydrogens (tertiary/aromatic N) is 3. The van der Waals surface area contributed by atoms with Crippen LogP contribution in [0.15, 0.2) is 33.5 Å². The Kier molecular flexibility index (Phi) is 4.11. The number of aryl methyl sites for hydroxylation is 2. The molecule has 2 heterocycles. The molecular formula is C16H15FN4O3. The van der Waals surface area contributed by atoms with E-state index in [0.717, 1.165) is 10.7 Å². The Bertz CT molecular complexity index is 977. The van der Waals surface area contributed by atoms with Gasteiger partial charge in [0, 0.05) is 6.54 Å². The van der Waals surface area contributed by atoms with Gasteiger partial charge in [-0.15, -0.1) is 5.10 Å². The van der Waals surface area contributed by atoms with E-state index in [-0.39, 0.29) is 24.4 Å². The van der Waals surface area contributed by atoms with Gasteiger partial charge in [0.15, 0.2) is 0 Å². The Morgan fingerprint density at radius 3 is 2.83 bits per heavy atom. The number of hydrogen-bond donors (Lipinski definition) is 1. The van der Waals surface area contributed by atoms with E-state index in [9.17, 15) is 14.0 Å². The molecule has 2 aromatic heterocycles. The van der Waals surface area contributed by atoms with Gasteiger partial charge in [-0.1, -0.05) is 5.21 Å². The highest BCUT2D eigenvalue weighted by Gasteiger charge is 2.13. The molecule has 3 rings (SSSR count). The number of carbonyl (C=O) groups excluding carboxylic acids is 1. The van der Waals surface area contributed by atoms with Crippen molar-refractivity contribution in [2.75, 3.05) is 6.54 Å². The first-order valence-corrected chi connectivity index (χ1v) is 7.34. The number of hydrogen-bond acceptors (Lipinski definition) is 5. The minimum absolute atomic E-state index is 0.125. The number of halogens is 1. The van der Waals surface area contributed by atoms with Gasteiger partial charge in [0.2, 0.25) is 0 Å². The molecule has 0 atom stereocenters. The van der Waals surface area contributed by atoms with E-state index in [4.69, 9.17) is 4.42 Å². The lowest BCUT2D eigenvalue weighted by Crippen LogP contribution is -2.32. The SMILES string of the molecule is Cc1cc(C(=O)NCCn2nnc3ccc(F)cc3c2=O)c(C)o1. The number of aromatic nitrogens is 3. The minimum Gasteiger partial charge on any atom is -0.466 e. The van der Waals surface area contributed by atoms with Gasteiger partial charge in [-0.3, -0.25) is 9.59 Å². The number of rotatable bonds is 4. The lowest BCUT2D eigenvalue weighted by Gasteiger charge is -2.06. The number of fused-ring (bicyclic) bond motifs is 1. The number of benzene rings is 1. The van der Waals surface area contributed by atoms with Gasteiger partial charge in [-0.25, -0.2) is 9.07 Å². The van der Waals surface area contributed by atoms with Crippen LogP contribution in [0.2, 0.25) is 0 Å². The molecule has 0 spiro atoms. The summed E-state index contributed by atoms with van der Waals surface area (Å²) in [7, 11) is 0. The molecule has 124 valence electrons. The van der Waals surface area contributed by atoms with Gasteiger partial charge in [0.1, 0.15) is 22.9 Å². The molecule has 0 aliphatic rings. The van der Waals surface area contributed by atoms with E-state index in [1.165, 1.54) is 12.1 Å². The molecule has 0 fully saturated rings. The van der Waals surface area contributed by atoms with Crippen LogP contribution in [-0.4, -0.2) is 27.4 Å². The van der Waals surface area contributed by atoms with Crippen molar-refractivity contribution in [3.8, 4) is 0 Å². The van der Waals surface area contributed by atoms with Crippen molar-refractivity contribution < 1.29 is 13.6 Å². The lowest BCUT2D eigenvalue weighted by atomic mass is 10.2. The molecule has 0 bridgehead atoms. The summed E-state index contributed by atoms with van der Waals surface area (Å²) in [6, 6.07) is 5.39. The Balaban J connectivity index is 1.72. The van der Waals surface area contributed by atoms with Crippen molar-refractivity contribution in [1.29, 1.82) is 0 Å². The fraction of sp³-hybridized carbons (Fsp3) is 0.250. The second-order valence-corrected chi connectivity index (χ2v) is 5.36. The predicted octanol–water partition coefficient (Wildman–Crippen LogP) is 1.57. The fourth-order valence-corrected chi connectivity index (χ4v) is 2.42. The molecule has 0 aliphatic heterocycles. The molecule has 8 heteroatoms. The molecule has 0 saturated carbocycles. The monoisotopic (exact) mass is 330 g/mol. The average Bonchev–Trinajstić information content (AvgIpc) is 2.88. The van der Waals surface area contributed by atoms with Crippen LogP contribution in [0.5, 0.6) is 0 Å². The van der Waals surface area contributed by atoms with Gasteiger partial charge in [-0.05, 0) is 38.1 Å². The second-order valence-electron chi connectivity index (χ2n) is 5.36. The number of furan rings is 1. The number of nitrogens with one attached hydrogen (secondary N) is 1. The maximum atomic E-state index is 13.3. The van der Waals surface area contributed by atoms with Gasteiger partial charge in [0.25, 0.3) is 11.5 Å². The fourth-order valence-electron chi connectivity index (χ4n) is 2.42. The topological polar surface area (TPSA) is 90.0 Å². The van der Waals surface area contributed by atoms with Crippen LogP contribution in [0.4, 0.5) is 4.39 Å². The van der Waals surface area contributed by atoms with Crippen LogP contribution in [0, 0.1) is 19.7 Å². The lowest BCUT2D eigenvalue weighted by molar-refractivity contribution is 0.0950. The van der Waals surface area contributed by atoms with Crippen molar-refractivity contribution in [1.82, 2.24) is 20.3 Å². The van der Waals surface area contributed by atoms with Crippen molar-refractivity contribution in [3.05, 3.63) is 57.5 Å². The third kappa shape index (κ3) is 3.03. The van der Waals surface area contributed by atoms with Crippen LogP contribution in [0.1, 0.15) is 21.9 Å². The summed E-state index contributed by atoms with van der Waals surface area (Å²) in [6.45, 7) is 3.76. The quantitative estimate of drug-likeness (QED) is 0.784. The highest BCUT2D eigenvalue weighted by atomic mass is 19.1. The van der Waals surface area contributed by atoms with Gasteiger partial charge in [0.05, 0.1) is 17.5 Å². The Morgan fingerprint density at radius 1 is 1.33 bits per heavy atom. The zero-order chi connectivity index (χ0) is 17.3. The molecule has 0 radical (unpaired) electrons. The van der Waals surface area contributed by atoms with Crippen molar-refractivity contribution in [2.45, 2.75) is 20.4 Å². The first-order chi connectivity index (χ1) is 11.5. The molecule has 24 heavy (non-hydrogen) atoms. The minimum atomic E-state index is -0.516. The smallest absolute Gasteiger partial charge is 0.277 e. The summed E-state index contributed by atoms with van der Waals surface area (Å²) in [5, 5.41) is 10.5. The standard InChI is InChI=1S/C16H15FN4O3/c1-9-7-12(10(2)24-9)15(22)18-5-6-21-16(23)13-8-11(17)3-4-14(13)19-20-21/h3-4,7-8H,5-6H2,1-2H3,(H,18,22). The molecular weight excluding hydrogens is 315 g/mol. The largest absolute Gasteiger partial charge is 0.466 e. The number of amides is 1. The molecule has 1 N–H and O–H groups in total. The second kappa shape index (κ2) is 6.23. The average molecular weight is 330 g/mol. The highest BCUT2D eigenvalue weighted by Crippen LogP contribution is 2.13. The van der Waals surface area contributed by atoms with Gasteiger partial charge < -0.3 is 9.73 Å². The first kappa shape index (κ1) is 15.9. The van der Waals surface area contributed by atoms with Crippen LogP contribution in [0.3, 0.4) is 0 Å². The summed E-state index contributed by atoms with van der Waals surface area (Å²) < 4.78 is 19.7.